The fourth-order valence-electron chi connectivity index (χ4n) is 4.07. The summed E-state index contributed by atoms with van der Waals surface area (Å²) < 4.78 is 16.2. The van der Waals surface area contributed by atoms with Crippen LogP contribution in [0.2, 0.25) is 0 Å². The zero-order chi connectivity index (χ0) is 17.8. The number of amides is 1. The lowest BCUT2D eigenvalue weighted by Gasteiger charge is -2.48. The van der Waals surface area contributed by atoms with Gasteiger partial charge in [0.1, 0.15) is 12.0 Å². The van der Waals surface area contributed by atoms with Crippen LogP contribution in [0.15, 0.2) is 12.1 Å². The number of benzene rings is 1. The van der Waals surface area contributed by atoms with E-state index in [1.165, 1.54) is 14.2 Å². The van der Waals surface area contributed by atoms with Gasteiger partial charge in [0, 0.05) is 11.6 Å². The van der Waals surface area contributed by atoms with E-state index < -0.39 is 11.5 Å². The fraction of sp³-hybridized carbons (Fsp3) is 0.556. The molecule has 130 valence electrons. The molecule has 2 aliphatic heterocycles. The van der Waals surface area contributed by atoms with Gasteiger partial charge < -0.3 is 19.1 Å². The molecule has 1 amide bonds. The van der Waals surface area contributed by atoms with E-state index in [-0.39, 0.29) is 24.0 Å². The lowest BCUT2D eigenvalue weighted by molar-refractivity contribution is -0.142. The second-order valence-electron chi connectivity index (χ2n) is 6.80. The van der Waals surface area contributed by atoms with Gasteiger partial charge in [-0.2, -0.15) is 0 Å². The van der Waals surface area contributed by atoms with Gasteiger partial charge in [0.15, 0.2) is 11.5 Å². The molecule has 6 nitrogen and oxygen atoms in total. The zero-order valence-electron chi connectivity index (χ0n) is 14.9. The number of esters is 1. The van der Waals surface area contributed by atoms with E-state index in [0.717, 1.165) is 0 Å². The number of rotatable bonds is 3. The lowest BCUT2D eigenvalue weighted by atomic mass is 9.72. The first-order chi connectivity index (χ1) is 11.3. The maximum absolute atomic E-state index is 13.2. The van der Waals surface area contributed by atoms with E-state index in [1.54, 1.807) is 17.0 Å². The van der Waals surface area contributed by atoms with Gasteiger partial charge in [-0.15, -0.1) is 0 Å². The third-order valence-electron chi connectivity index (χ3n) is 5.29. The van der Waals surface area contributed by atoms with Crippen LogP contribution in [-0.2, 0) is 9.53 Å². The molecule has 1 aromatic rings. The Labute approximate surface area is 141 Å². The average molecular weight is 333 g/mol. The second-order valence-corrected chi connectivity index (χ2v) is 6.80. The number of fused-ring (bicyclic) bond motifs is 3. The van der Waals surface area contributed by atoms with Crippen molar-refractivity contribution in [2.24, 2.45) is 0 Å². The number of methoxy groups -OCH3 is 2. The second kappa shape index (κ2) is 5.40. The van der Waals surface area contributed by atoms with E-state index >= 15 is 0 Å². The number of nitrogens with zero attached hydrogens (tertiary/aromatic N) is 1. The van der Waals surface area contributed by atoms with Gasteiger partial charge in [-0.1, -0.05) is 0 Å². The number of hydrogen-bond donors (Lipinski definition) is 0. The van der Waals surface area contributed by atoms with Gasteiger partial charge in [-0.25, -0.2) is 0 Å². The number of hydrogen-bond acceptors (Lipinski definition) is 5. The van der Waals surface area contributed by atoms with Crippen LogP contribution in [0, 0.1) is 0 Å². The van der Waals surface area contributed by atoms with Crippen molar-refractivity contribution < 1.29 is 23.8 Å². The standard InChI is InChI=1S/C18H23NO5/c1-9(2)19-16(20)12-8-14(23-6)13(22-5)7-11(12)15-17(21)24-10(3)18(15,19)4/h7-10,15H,1-6H3/t10-,15+,18-/m0/s1. The molecule has 1 saturated heterocycles. The molecule has 3 rings (SSSR count). The Hall–Kier alpha value is -2.24. The molecule has 0 bridgehead atoms. The smallest absolute Gasteiger partial charge is 0.316 e. The van der Waals surface area contributed by atoms with Crippen LogP contribution in [-0.4, -0.2) is 48.7 Å². The highest BCUT2D eigenvalue weighted by atomic mass is 16.6. The topological polar surface area (TPSA) is 65.1 Å². The highest BCUT2D eigenvalue weighted by molar-refractivity contribution is 6.03. The molecular formula is C18H23NO5. The van der Waals surface area contributed by atoms with Crippen molar-refractivity contribution in [3.63, 3.8) is 0 Å². The molecule has 0 N–H and O–H groups in total. The monoisotopic (exact) mass is 333 g/mol. The van der Waals surface area contributed by atoms with Crippen LogP contribution in [0.4, 0.5) is 0 Å². The molecule has 6 heteroatoms. The summed E-state index contributed by atoms with van der Waals surface area (Å²) in [5.41, 5.74) is 0.385. The van der Waals surface area contributed by atoms with E-state index in [9.17, 15) is 9.59 Å². The minimum atomic E-state index is -0.727. The molecule has 0 unspecified atom stereocenters. The Morgan fingerprint density at radius 3 is 2.29 bits per heavy atom. The summed E-state index contributed by atoms with van der Waals surface area (Å²) in [6, 6.07) is 3.32. The molecule has 3 atom stereocenters. The van der Waals surface area contributed by atoms with Gasteiger partial charge >= 0.3 is 5.97 Å². The van der Waals surface area contributed by atoms with Gasteiger partial charge in [-0.05, 0) is 45.4 Å². The van der Waals surface area contributed by atoms with Crippen LogP contribution in [0.1, 0.15) is 49.5 Å². The van der Waals surface area contributed by atoms with Crippen molar-refractivity contribution in [3.8, 4) is 11.5 Å². The Morgan fingerprint density at radius 2 is 1.75 bits per heavy atom. The van der Waals surface area contributed by atoms with Gasteiger partial charge in [0.25, 0.3) is 5.91 Å². The summed E-state index contributed by atoms with van der Waals surface area (Å²) in [6.45, 7) is 7.65. The molecule has 1 aromatic carbocycles. The molecular weight excluding hydrogens is 310 g/mol. The average Bonchev–Trinajstić information content (AvgIpc) is 2.75. The van der Waals surface area contributed by atoms with Gasteiger partial charge in [-0.3, -0.25) is 9.59 Å². The van der Waals surface area contributed by atoms with Crippen molar-refractivity contribution in [1.29, 1.82) is 0 Å². The Balaban J connectivity index is 2.30. The summed E-state index contributed by atoms with van der Waals surface area (Å²) >= 11 is 0. The molecule has 0 spiro atoms. The number of cyclic esters (lactones) is 1. The normalized spacial score (nSPS) is 28.5. The minimum absolute atomic E-state index is 0.0665. The largest absolute Gasteiger partial charge is 0.493 e. The third-order valence-corrected chi connectivity index (χ3v) is 5.29. The molecule has 24 heavy (non-hydrogen) atoms. The SMILES string of the molecule is COc1cc2c(cc1OC)[C@@H]1C(=O)O[C@@H](C)[C@]1(C)N(C(C)C)C2=O. The summed E-state index contributed by atoms with van der Waals surface area (Å²) in [5.74, 6) is -0.00282. The van der Waals surface area contributed by atoms with Crippen molar-refractivity contribution in [3.05, 3.63) is 23.3 Å². The fourth-order valence-corrected chi connectivity index (χ4v) is 4.07. The molecule has 1 fully saturated rings. The Morgan fingerprint density at radius 1 is 1.17 bits per heavy atom. The minimum Gasteiger partial charge on any atom is -0.493 e. The predicted molar refractivity (Wildman–Crippen MR) is 87.6 cm³/mol. The molecule has 2 heterocycles. The lowest BCUT2D eigenvalue weighted by Crippen LogP contribution is -2.62. The quantitative estimate of drug-likeness (QED) is 0.795. The van der Waals surface area contributed by atoms with E-state index in [0.29, 0.717) is 22.6 Å². The summed E-state index contributed by atoms with van der Waals surface area (Å²) in [7, 11) is 3.05. The number of carbonyl (C=O) groups is 2. The van der Waals surface area contributed by atoms with E-state index in [1.807, 2.05) is 27.7 Å². The maximum atomic E-state index is 13.2. The van der Waals surface area contributed by atoms with Crippen molar-refractivity contribution in [1.82, 2.24) is 4.90 Å². The Kier molecular flexibility index (Phi) is 3.73. The summed E-state index contributed by atoms with van der Waals surface area (Å²) in [6.07, 6.45) is -0.386. The van der Waals surface area contributed by atoms with Crippen LogP contribution in [0.25, 0.3) is 0 Å². The summed E-state index contributed by atoms with van der Waals surface area (Å²) in [5, 5.41) is 0. The molecule has 0 aromatic heterocycles. The summed E-state index contributed by atoms with van der Waals surface area (Å²) in [4.78, 5) is 27.5. The van der Waals surface area contributed by atoms with Crippen LogP contribution in [0.5, 0.6) is 11.5 Å². The van der Waals surface area contributed by atoms with Crippen LogP contribution < -0.4 is 9.47 Å². The Bertz CT molecular complexity index is 714. The highest BCUT2D eigenvalue weighted by Gasteiger charge is 2.61. The number of carbonyl (C=O) groups excluding carboxylic acids is 2. The molecule has 2 aliphatic rings. The van der Waals surface area contributed by atoms with Crippen molar-refractivity contribution in [2.45, 2.75) is 51.3 Å². The predicted octanol–water partition coefficient (Wildman–Crippen LogP) is 2.36. The van der Waals surface area contributed by atoms with Gasteiger partial charge in [0.05, 0.1) is 19.8 Å². The first kappa shape index (κ1) is 16.6. The van der Waals surface area contributed by atoms with Crippen LogP contribution >= 0.6 is 0 Å². The zero-order valence-corrected chi connectivity index (χ0v) is 14.9. The highest BCUT2D eigenvalue weighted by Crippen LogP contribution is 2.51. The van der Waals surface area contributed by atoms with Crippen molar-refractivity contribution >= 4 is 11.9 Å². The molecule has 0 aliphatic carbocycles. The molecule has 0 radical (unpaired) electrons. The maximum Gasteiger partial charge on any atom is 0.316 e. The van der Waals surface area contributed by atoms with E-state index in [2.05, 4.69) is 0 Å². The molecule has 0 saturated carbocycles. The van der Waals surface area contributed by atoms with E-state index in [4.69, 9.17) is 14.2 Å². The third kappa shape index (κ3) is 1.95. The van der Waals surface area contributed by atoms with Crippen molar-refractivity contribution in [2.75, 3.05) is 14.2 Å². The van der Waals surface area contributed by atoms with Gasteiger partial charge in [0.2, 0.25) is 0 Å². The first-order valence-electron chi connectivity index (χ1n) is 8.07. The first-order valence-corrected chi connectivity index (χ1v) is 8.07. The number of ether oxygens (including phenoxy) is 3. The van der Waals surface area contributed by atoms with Crippen LogP contribution in [0.3, 0.4) is 0 Å².